The number of hydrogen-bond acceptors (Lipinski definition) is 7. The van der Waals surface area contributed by atoms with Gasteiger partial charge >= 0.3 is 0 Å². The van der Waals surface area contributed by atoms with Crippen molar-refractivity contribution in [2.45, 2.75) is 33.6 Å². The van der Waals surface area contributed by atoms with Gasteiger partial charge in [0.05, 0.1) is 12.2 Å². The molecule has 35 heavy (non-hydrogen) atoms. The number of carbonyl (C=O) groups is 1. The molecule has 4 rings (SSSR count). The van der Waals surface area contributed by atoms with E-state index in [1.54, 1.807) is 18.2 Å². The Hall–Kier alpha value is -3.59. The number of fused-ring (bicyclic) bond motifs is 1. The summed E-state index contributed by atoms with van der Waals surface area (Å²) in [5.41, 5.74) is 1.95. The van der Waals surface area contributed by atoms with Crippen LogP contribution < -0.4 is 14.2 Å². The largest absolute Gasteiger partial charge is 0.490 e. The predicted octanol–water partition coefficient (Wildman–Crippen LogP) is 5.27. The van der Waals surface area contributed by atoms with Crippen LogP contribution in [0.2, 0.25) is 0 Å². The highest BCUT2D eigenvalue weighted by molar-refractivity contribution is 8.26. The van der Waals surface area contributed by atoms with E-state index < -0.39 is 5.91 Å². The van der Waals surface area contributed by atoms with Crippen LogP contribution in [0, 0.1) is 12.3 Å². The fourth-order valence-electron chi connectivity index (χ4n) is 3.54. The number of amidine groups is 2. The molecule has 8 nitrogen and oxygen atoms in total. The highest BCUT2D eigenvalue weighted by Crippen LogP contribution is 2.32. The smallest absolute Gasteiger partial charge is 0.283 e. The monoisotopic (exact) mass is 492 g/mol. The van der Waals surface area contributed by atoms with E-state index in [1.807, 2.05) is 44.2 Å². The third kappa shape index (κ3) is 5.74. The van der Waals surface area contributed by atoms with Crippen LogP contribution in [0.25, 0.3) is 6.08 Å². The number of nitrogens with one attached hydrogen (secondary N) is 1. The lowest BCUT2D eigenvalue weighted by Gasteiger charge is -2.20. The summed E-state index contributed by atoms with van der Waals surface area (Å²) in [7, 11) is 0. The number of aliphatic imine (C=N–C) groups is 1. The van der Waals surface area contributed by atoms with E-state index in [1.165, 1.54) is 16.8 Å². The van der Waals surface area contributed by atoms with Crippen LogP contribution in [0.15, 0.2) is 58.1 Å². The second-order valence-electron chi connectivity index (χ2n) is 7.87. The van der Waals surface area contributed by atoms with Crippen LogP contribution in [0.1, 0.15) is 37.8 Å². The zero-order valence-electron chi connectivity index (χ0n) is 20.0. The molecule has 0 aromatic heterocycles. The number of ether oxygens (including phenoxy) is 3. The van der Waals surface area contributed by atoms with Crippen molar-refractivity contribution in [1.82, 2.24) is 5.01 Å². The van der Waals surface area contributed by atoms with Crippen molar-refractivity contribution in [3.8, 4) is 17.2 Å². The van der Waals surface area contributed by atoms with E-state index >= 15 is 0 Å². The molecule has 2 aliphatic rings. The Morgan fingerprint density at radius 1 is 1.03 bits per heavy atom. The number of para-hydroxylation sites is 1. The van der Waals surface area contributed by atoms with Gasteiger partial charge in [-0.2, -0.15) is 15.1 Å². The topological polar surface area (TPSA) is 96.6 Å². The molecule has 1 amide bonds. The van der Waals surface area contributed by atoms with E-state index in [0.717, 1.165) is 29.2 Å². The zero-order valence-corrected chi connectivity index (χ0v) is 20.9. The number of aryl methyl sites for hydroxylation is 1. The van der Waals surface area contributed by atoms with Crippen molar-refractivity contribution in [3.05, 3.63) is 59.2 Å². The van der Waals surface area contributed by atoms with E-state index in [2.05, 4.69) is 17.0 Å². The second kappa shape index (κ2) is 11.2. The first-order chi connectivity index (χ1) is 17.0. The Kier molecular flexibility index (Phi) is 7.87. The Bertz CT molecular complexity index is 1220. The molecule has 0 spiro atoms. The maximum absolute atomic E-state index is 12.7. The van der Waals surface area contributed by atoms with Crippen LogP contribution in [-0.4, -0.2) is 46.8 Å². The number of amides is 1. The summed E-state index contributed by atoms with van der Waals surface area (Å²) < 4.78 is 17.5. The van der Waals surface area contributed by atoms with Gasteiger partial charge in [-0.05, 0) is 73.9 Å². The number of hydrazone groups is 1. The van der Waals surface area contributed by atoms with Gasteiger partial charge in [-0.15, -0.1) is 0 Å². The lowest BCUT2D eigenvalue weighted by Crippen LogP contribution is -2.35. The van der Waals surface area contributed by atoms with Gasteiger partial charge in [0.1, 0.15) is 24.0 Å². The molecule has 2 aromatic rings. The Balaban J connectivity index is 1.47. The minimum Gasteiger partial charge on any atom is -0.490 e. The Morgan fingerprint density at radius 2 is 1.80 bits per heavy atom. The molecule has 0 unspecified atom stereocenters. The van der Waals surface area contributed by atoms with Crippen LogP contribution >= 0.6 is 11.8 Å². The first kappa shape index (κ1) is 24.5. The molecule has 2 aliphatic heterocycles. The molecule has 0 atom stereocenters. The summed E-state index contributed by atoms with van der Waals surface area (Å²) in [4.78, 5) is 16.8. The van der Waals surface area contributed by atoms with Gasteiger partial charge in [0.2, 0.25) is 5.17 Å². The summed E-state index contributed by atoms with van der Waals surface area (Å²) in [5.74, 6) is 1.53. The van der Waals surface area contributed by atoms with Crippen molar-refractivity contribution in [2.24, 2.45) is 10.1 Å². The van der Waals surface area contributed by atoms with Crippen molar-refractivity contribution >= 4 is 39.8 Å². The first-order valence-corrected chi connectivity index (χ1v) is 12.4. The fraction of sp³-hybridized carbons (Fsp3) is 0.308. The molecule has 182 valence electrons. The van der Waals surface area contributed by atoms with E-state index in [0.29, 0.717) is 42.1 Å². The number of rotatable bonds is 10. The number of nitrogens with zero attached hydrogens (tertiary/aromatic N) is 3. The summed E-state index contributed by atoms with van der Waals surface area (Å²) in [6.45, 7) is 7.15. The van der Waals surface area contributed by atoms with E-state index in [-0.39, 0.29) is 11.4 Å². The molecule has 9 heteroatoms. The van der Waals surface area contributed by atoms with Crippen LogP contribution in [0.5, 0.6) is 17.2 Å². The third-order valence-corrected chi connectivity index (χ3v) is 6.20. The standard InChI is InChI=1S/C26H28N4O4S/c1-4-8-23-29-30-24(27)19(25(31)28-26(30)35-23)15-18-11-12-21(22(16-18)32-5-2)34-14-13-33-20-10-7-6-9-17(20)3/h6-7,9-12,15-16,27H,4-5,8,13-14H2,1-3H3. The van der Waals surface area contributed by atoms with Gasteiger partial charge < -0.3 is 14.2 Å². The van der Waals surface area contributed by atoms with Gasteiger partial charge in [-0.25, -0.2) is 0 Å². The number of thioether (sulfide) groups is 1. The summed E-state index contributed by atoms with van der Waals surface area (Å²) in [5, 5.41) is 15.7. The van der Waals surface area contributed by atoms with Gasteiger partial charge in [-0.1, -0.05) is 31.2 Å². The quantitative estimate of drug-likeness (QED) is 0.358. The van der Waals surface area contributed by atoms with Crippen LogP contribution in [-0.2, 0) is 4.79 Å². The second-order valence-corrected chi connectivity index (χ2v) is 8.91. The minimum absolute atomic E-state index is 0.0187. The zero-order chi connectivity index (χ0) is 24.8. The predicted molar refractivity (Wildman–Crippen MR) is 140 cm³/mol. The molecule has 0 bridgehead atoms. The number of carbonyl (C=O) groups excluding carboxylic acids is 1. The van der Waals surface area contributed by atoms with Crippen LogP contribution in [0.4, 0.5) is 0 Å². The van der Waals surface area contributed by atoms with Crippen molar-refractivity contribution < 1.29 is 19.0 Å². The number of benzene rings is 2. The van der Waals surface area contributed by atoms with Gasteiger partial charge in [0.15, 0.2) is 17.3 Å². The van der Waals surface area contributed by atoms with Gasteiger partial charge in [0.25, 0.3) is 5.91 Å². The highest BCUT2D eigenvalue weighted by atomic mass is 32.2. The molecular weight excluding hydrogens is 464 g/mol. The lowest BCUT2D eigenvalue weighted by atomic mass is 10.1. The maximum atomic E-state index is 12.7. The van der Waals surface area contributed by atoms with Gasteiger partial charge in [-0.3, -0.25) is 10.2 Å². The van der Waals surface area contributed by atoms with Crippen molar-refractivity contribution in [1.29, 1.82) is 5.41 Å². The minimum atomic E-state index is -0.451. The van der Waals surface area contributed by atoms with Gasteiger partial charge in [0, 0.05) is 0 Å². The van der Waals surface area contributed by atoms with E-state index in [4.69, 9.17) is 19.6 Å². The molecule has 0 fully saturated rings. The molecule has 1 N–H and O–H groups in total. The lowest BCUT2D eigenvalue weighted by molar-refractivity contribution is -0.114. The summed E-state index contributed by atoms with van der Waals surface area (Å²) in [6.07, 6.45) is 3.36. The molecule has 2 heterocycles. The van der Waals surface area contributed by atoms with Crippen LogP contribution in [0.3, 0.4) is 0 Å². The van der Waals surface area contributed by atoms with Crippen molar-refractivity contribution in [2.75, 3.05) is 19.8 Å². The number of hydrogen-bond donors (Lipinski definition) is 1. The fourth-order valence-corrected chi connectivity index (χ4v) is 4.52. The summed E-state index contributed by atoms with van der Waals surface area (Å²) in [6, 6.07) is 13.2. The SMILES string of the molecule is CCCC1=NN2C(=N)C(=Cc3ccc(OCCOc4ccccc4C)c(OCC)c3)C(=O)N=C2S1. The van der Waals surface area contributed by atoms with E-state index in [9.17, 15) is 4.79 Å². The molecular formula is C26H28N4O4S. The third-order valence-electron chi connectivity index (χ3n) is 5.23. The Morgan fingerprint density at radius 3 is 2.54 bits per heavy atom. The molecule has 0 saturated heterocycles. The molecule has 0 saturated carbocycles. The average Bonchev–Trinajstić information content (AvgIpc) is 3.24. The first-order valence-electron chi connectivity index (χ1n) is 11.6. The van der Waals surface area contributed by atoms with Crippen molar-refractivity contribution in [3.63, 3.8) is 0 Å². The molecule has 0 radical (unpaired) electrons. The summed E-state index contributed by atoms with van der Waals surface area (Å²) >= 11 is 1.34. The normalized spacial score (nSPS) is 16.2. The molecule has 2 aromatic carbocycles. The molecule has 0 aliphatic carbocycles. The Labute approximate surface area is 209 Å². The average molecular weight is 493 g/mol. The maximum Gasteiger partial charge on any atom is 0.283 e. The highest BCUT2D eigenvalue weighted by Gasteiger charge is 2.35.